The monoisotopic (exact) mass is 328 g/mol. The number of rotatable bonds is 3. The van der Waals surface area contributed by atoms with Crippen LogP contribution in [0.5, 0.6) is 0 Å². The van der Waals surface area contributed by atoms with Crippen LogP contribution in [0.4, 0.5) is 10.5 Å². The molecule has 19 heavy (non-hydrogen) atoms. The van der Waals surface area contributed by atoms with Crippen molar-refractivity contribution in [3.8, 4) is 0 Å². The molecule has 0 heterocycles. The van der Waals surface area contributed by atoms with Gasteiger partial charge in [0.25, 0.3) is 0 Å². The van der Waals surface area contributed by atoms with Gasteiger partial charge in [-0.3, -0.25) is 0 Å². The summed E-state index contributed by atoms with van der Waals surface area (Å²) >= 11 is 3.20. The molecule has 0 fully saturated rings. The Kier molecular flexibility index (Phi) is 4.94. The van der Waals surface area contributed by atoms with E-state index in [4.69, 9.17) is 5.11 Å². The number of benzene rings is 1. The van der Waals surface area contributed by atoms with E-state index >= 15 is 0 Å². The number of carboxylic acid groups (broad SMARTS) is 1. The summed E-state index contributed by atoms with van der Waals surface area (Å²) in [5.74, 6) is -1.09. The molecule has 1 rings (SSSR count). The molecule has 0 aliphatic heterocycles. The molecular weight excluding hydrogens is 312 g/mol. The van der Waals surface area contributed by atoms with E-state index in [9.17, 15) is 9.59 Å². The van der Waals surface area contributed by atoms with Gasteiger partial charge in [0.1, 0.15) is 0 Å². The number of anilines is 1. The van der Waals surface area contributed by atoms with Gasteiger partial charge in [-0.05, 0) is 23.6 Å². The Labute approximate surface area is 120 Å². The van der Waals surface area contributed by atoms with Gasteiger partial charge in [0.05, 0.1) is 11.3 Å². The van der Waals surface area contributed by atoms with Crippen molar-refractivity contribution < 1.29 is 14.7 Å². The first-order valence-corrected chi connectivity index (χ1v) is 6.56. The van der Waals surface area contributed by atoms with Crippen molar-refractivity contribution in [2.75, 3.05) is 11.9 Å². The fourth-order valence-corrected chi connectivity index (χ4v) is 1.68. The summed E-state index contributed by atoms with van der Waals surface area (Å²) < 4.78 is 0.644. The molecule has 0 unspecified atom stereocenters. The van der Waals surface area contributed by atoms with Crippen LogP contribution in [0.1, 0.15) is 31.1 Å². The zero-order valence-corrected chi connectivity index (χ0v) is 12.7. The molecule has 0 aromatic heterocycles. The molecule has 3 N–H and O–H groups in total. The SMILES string of the molecule is CC(C)(C)CNC(=O)Nc1ccc(Br)cc1C(=O)O. The van der Waals surface area contributed by atoms with Gasteiger partial charge in [0.15, 0.2) is 0 Å². The van der Waals surface area contributed by atoms with Gasteiger partial charge in [-0.15, -0.1) is 0 Å². The quantitative estimate of drug-likeness (QED) is 0.796. The van der Waals surface area contributed by atoms with E-state index in [0.717, 1.165) is 0 Å². The van der Waals surface area contributed by atoms with Crippen molar-refractivity contribution in [1.82, 2.24) is 5.32 Å². The van der Waals surface area contributed by atoms with Crippen molar-refractivity contribution in [1.29, 1.82) is 0 Å². The number of amides is 2. The number of aromatic carboxylic acids is 1. The number of carbonyl (C=O) groups excluding carboxylic acids is 1. The maximum atomic E-state index is 11.7. The minimum atomic E-state index is -1.09. The second kappa shape index (κ2) is 6.06. The van der Waals surface area contributed by atoms with Crippen LogP contribution >= 0.6 is 15.9 Å². The Morgan fingerprint density at radius 3 is 2.47 bits per heavy atom. The highest BCUT2D eigenvalue weighted by atomic mass is 79.9. The first kappa shape index (κ1) is 15.5. The Balaban J connectivity index is 2.77. The van der Waals surface area contributed by atoms with Crippen molar-refractivity contribution in [3.63, 3.8) is 0 Å². The van der Waals surface area contributed by atoms with E-state index in [2.05, 4.69) is 26.6 Å². The highest BCUT2D eigenvalue weighted by Crippen LogP contribution is 2.21. The molecule has 1 aromatic rings. The largest absolute Gasteiger partial charge is 0.478 e. The zero-order chi connectivity index (χ0) is 14.6. The predicted molar refractivity (Wildman–Crippen MR) is 77.6 cm³/mol. The Morgan fingerprint density at radius 2 is 1.95 bits per heavy atom. The van der Waals surface area contributed by atoms with Crippen LogP contribution in [0.25, 0.3) is 0 Å². The number of hydrogen-bond acceptors (Lipinski definition) is 2. The smallest absolute Gasteiger partial charge is 0.337 e. The van der Waals surface area contributed by atoms with E-state index in [1.54, 1.807) is 12.1 Å². The standard InChI is InChI=1S/C13H17BrN2O3/c1-13(2,3)7-15-12(19)16-10-5-4-8(14)6-9(10)11(17)18/h4-6H,7H2,1-3H3,(H,17,18)(H2,15,16,19). The third-order valence-corrected chi connectivity index (χ3v) is 2.73. The lowest BCUT2D eigenvalue weighted by Gasteiger charge is -2.19. The fourth-order valence-electron chi connectivity index (χ4n) is 1.31. The van der Waals surface area contributed by atoms with Gasteiger partial charge < -0.3 is 15.7 Å². The molecule has 5 nitrogen and oxygen atoms in total. The van der Waals surface area contributed by atoms with Crippen LogP contribution in [0.15, 0.2) is 22.7 Å². The van der Waals surface area contributed by atoms with Crippen molar-refractivity contribution >= 4 is 33.6 Å². The van der Waals surface area contributed by atoms with Gasteiger partial charge >= 0.3 is 12.0 Å². The molecule has 104 valence electrons. The topological polar surface area (TPSA) is 78.4 Å². The van der Waals surface area contributed by atoms with E-state index in [0.29, 0.717) is 11.0 Å². The number of carbonyl (C=O) groups is 2. The van der Waals surface area contributed by atoms with Gasteiger partial charge in [-0.1, -0.05) is 36.7 Å². The van der Waals surface area contributed by atoms with Gasteiger partial charge in [-0.2, -0.15) is 0 Å². The summed E-state index contributed by atoms with van der Waals surface area (Å²) in [5.41, 5.74) is 0.273. The lowest BCUT2D eigenvalue weighted by molar-refractivity contribution is 0.0698. The molecule has 1 aromatic carbocycles. The minimum absolute atomic E-state index is 0.0350. The molecular formula is C13H17BrN2O3. The van der Waals surface area contributed by atoms with E-state index in [-0.39, 0.29) is 16.7 Å². The summed E-state index contributed by atoms with van der Waals surface area (Å²) in [6.45, 7) is 6.48. The molecule has 0 saturated carbocycles. The Morgan fingerprint density at radius 1 is 1.32 bits per heavy atom. The molecule has 0 spiro atoms. The number of urea groups is 1. The number of hydrogen-bond donors (Lipinski definition) is 3. The number of nitrogens with one attached hydrogen (secondary N) is 2. The van der Waals surface area contributed by atoms with Crippen LogP contribution in [0, 0.1) is 5.41 Å². The molecule has 0 aliphatic rings. The van der Waals surface area contributed by atoms with E-state index in [1.165, 1.54) is 6.07 Å². The molecule has 6 heteroatoms. The molecule has 0 saturated heterocycles. The molecule has 0 bridgehead atoms. The second-order valence-corrected chi connectivity index (χ2v) is 6.28. The Hall–Kier alpha value is -1.56. The van der Waals surface area contributed by atoms with Crippen LogP contribution in [-0.2, 0) is 0 Å². The zero-order valence-electron chi connectivity index (χ0n) is 11.1. The lowest BCUT2D eigenvalue weighted by atomic mass is 9.97. The Bertz CT molecular complexity index is 495. The third-order valence-electron chi connectivity index (χ3n) is 2.24. The third kappa shape index (κ3) is 5.30. The molecule has 0 aliphatic carbocycles. The fraction of sp³-hybridized carbons (Fsp3) is 0.385. The van der Waals surface area contributed by atoms with Crippen LogP contribution < -0.4 is 10.6 Å². The van der Waals surface area contributed by atoms with E-state index in [1.807, 2.05) is 20.8 Å². The summed E-state index contributed by atoms with van der Waals surface area (Å²) in [6, 6.07) is 4.25. The average molecular weight is 329 g/mol. The van der Waals surface area contributed by atoms with Crippen LogP contribution in [0.3, 0.4) is 0 Å². The highest BCUT2D eigenvalue weighted by molar-refractivity contribution is 9.10. The number of halogens is 1. The first-order chi connectivity index (χ1) is 8.69. The number of carboxylic acids is 1. The van der Waals surface area contributed by atoms with E-state index < -0.39 is 12.0 Å². The predicted octanol–water partition coefficient (Wildman–Crippen LogP) is 3.31. The first-order valence-electron chi connectivity index (χ1n) is 5.77. The molecule has 2 amide bonds. The van der Waals surface area contributed by atoms with Crippen molar-refractivity contribution in [2.24, 2.45) is 5.41 Å². The normalized spacial score (nSPS) is 10.9. The van der Waals surface area contributed by atoms with Crippen molar-refractivity contribution in [3.05, 3.63) is 28.2 Å². The minimum Gasteiger partial charge on any atom is -0.478 e. The molecule has 0 atom stereocenters. The summed E-state index contributed by atoms with van der Waals surface area (Å²) in [7, 11) is 0. The van der Waals surface area contributed by atoms with Gasteiger partial charge in [0.2, 0.25) is 0 Å². The maximum absolute atomic E-state index is 11.7. The van der Waals surface area contributed by atoms with Crippen molar-refractivity contribution in [2.45, 2.75) is 20.8 Å². The summed E-state index contributed by atoms with van der Waals surface area (Å²) in [5, 5.41) is 14.3. The average Bonchev–Trinajstić information content (AvgIpc) is 2.28. The van der Waals surface area contributed by atoms with Crippen LogP contribution in [0.2, 0.25) is 0 Å². The molecule has 0 radical (unpaired) electrons. The van der Waals surface area contributed by atoms with Crippen LogP contribution in [-0.4, -0.2) is 23.7 Å². The lowest BCUT2D eigenvalue weighted by Crippen LogP contribution is -2.35. The maximum Gasteiger partial charge on any atom is 0.337 e. The van der Waals surface area contributed by atoms with Gasteiger partial charge in [0, 0.05) is 11.0 Å². The van der Waals surface area contributed by atoms with Gasteiger partial charge in [-0.25, -0.2) is 9.59 Å². The highest BCUT2D eigenvalue weighted by Gasteiger charge is 2.15. The second-order valence-electron chi connectivity index (χ2n) is 5.36. The summed E-state index contributed by atoms with van der Waals surface area (Å²) in [6.07, 6.45) is 0. The summed E-state index contributed by atoms with van der Waals surface area (Å²) in [4.78, 5) is 22.8.